The van der Waals surface area contributed by atoms with Gasteiger partial charge in [0.05, 0.1) is 12.1 Å². The van der Waals surface area contributed by atoms with Gasteiger partial charge in [-0.1, -0.05) is 91.0 Å². The number of nitrogens with zero attached hydrogens (tertiary/aromatic N) is 1. The van der Waals surface area contributed by atoms with Gasteiger partial charge in [0.15, 0.2) is 0 Å². The van der Waals surface area contributed by atoms with Crippen LogP contribution in [-0.2, 0) is 0 Å². The van der Waals surface area contributed by atoms with Gasteiger partial charge in [0.25, 0.3) is 0 Å². The van der Waals surface area contributed by atoms with Crippen LogP contribution in [0.4, 0.5) is 0 Å². The molecule has 0 bridgehead atoms. The van der Waals surface area contributed by atoms with Crippen molar-refractivity contribution in [2.24, 2.45) is 0 Å². The molecule has 0 aliphatic carbocycles. The second-order valence-electron chi connectivity index (χ2n) is 7.98. The van der Waals surface area contributed by atoms with Crippen LogP contribution in [0.1, 0.15) is 42.1 Å². The van der Waals surface area contributed by atoms with Crippen molar-refractivity contribution in [1.82, 2.24) is 10.2 Å². The van der Waals surface area contributed by atoms with E-state index in [0.717, 1.165) is 13.0 Å². The molecular weight excluding hydrogens is 356 g/mol. The van der Waals surface area contributed by atoms with E-state index in [2.05, 4.69) is 102 Å². The highest BCUT2D eigenvalue weighted by Crippen LogP contribution is 2.31. The second kappa shape index (κ2) is 9.36. The number of β-amino-alcohol motifs (C(OH)–C–C–N with tert-alkyl or cyclic N) is 1. The largest absolute Gasteiger partial charge is 0.390 e. The quantitative estimate of drug-likeness (QED) is 0.652. The van der Waals surface area contributed by atoms with Gasteiger partial charge in [-0.2, -0.15) is 0 Å². The monoisotopic (exact) mass is 386 g/mol. The number of likely N-dealkylation sites (tertiary alicyclic amines) is 1. The maximum atomic E-state index is 11.0. The summed E-state index contributed by atoms with van der Waals surface area (Å²) in [6, 6.07) is 32.2. The van der Waals surface area contributed by atoms with Crippen LogP contribution >= 0.6 is 0 Å². The van der Waals surface area contributed by atoms with Crippen molar-refractivity contribution >= 4 is 0 Å². The molecule has 3 atom stereocenters. The summed E-state index contributed by atoms with van der Waals surface area (Å²) >= 11 is 0. The summed E-state index contributed by atoms with van der Waals surface area (Å²) in [5.41, 5.74) is 3.80. The van der Waals surface area contributed by atoms with Gasteiger partial charge in [0.2, 0.25) is 0 Å². The van der Waals surface area contributed by atoms with Crippen molar-refractivity contribution in [2.75, 3.05) is 13.1 Å². The van der Waals surface area contributed by atoms with Gasteiger partial charge in [0.1, 0.15) is 0 Å². The molecule has 3 aromatic carbocycles. The number of hydrogen-bond acceptors (Lipinski definition) is 3. The molecule has 0 radical (unpaired) electrons. The molecule has 3 nitrogen and oxygen atoms in total. The van der Waals surface area contributed by atoms with Gasteiger partial charge in [-0.25, -0.2) is 0 Å². The number of rotatable bonds is 6. The molecule has 1 saturated heterocycles. The Kier molecular flexibility index (Phi) is 6.40. The number of aliphatic hydroxyl groups is 1. The first-order valence-corrected chi connectivity index (χ1v) is 10.6. The molecule has 0 unspecified atom stereocenters. The van der Waals surface area contributed by atoms with E-state index in [1.54, 1.807) is 0 Å². The smallest absolute Gasteiger partial charge is 0.0820 e. The zero-order valence-corrected chi connectivity index (χ0v) is 17.0. The highest BCUT2D eigenvalue weighted by atomic mass is 16.3. The van der Waals surface area contributed by atoms with E-state index in [1.165, 1.54) is 16.7 Å². The fourth-order valence-electron chi connectivity index (χ4n) is 4.43. The summed E-state index contributed by atoms with van der Waals surface area (Å²) in [6.07, 6.45) is 0.527. The van der Waals surface area contributed by atoms with Crippen molar-refractivity contribution in [1.29, 1.82) is 0 Å². The van der Waals surface area contributed by atoms with E-state index < -0.39 is 6.10 Å². The Morgan fingerprint density at radius 2 is 1.28 bits per heavy atom. The van der Waals surface area contributed by atoms with Crippen molar-refractivity contribution in [2.45, 2.75) is 37.6 Å². The van der Waals surface area contributed by atoms with Crippen LogP contribution in [0.15, 0.2) is 91.0 Å². The molecule has 2 N–H and O–H groups in total. The predicted molar refractivity (Wildman–Crippen MR) is 119 cm³/mol. The summed E-state index contributed by atoms with van der Waals surface area (Å²) in [4.78, 5) is 2.42. The standard InChI is InChI=1S/C26H30N2O/c1-20(21-11-5-2-6-12-21)27-24-17-18-28(19-25(24)29)26(22-13-7-3-8-14-22)23-15-9-4-10-16-23/h2-16,20,24-27,29H,17-19H2,1H3/t20-,24-,25-/m0/s1. The second-order valence-corrected chi connectivity index (χ2v) is 7.98. The molecule has 1 aliphatic rings. The molecule has 4 rings (SSSR count). The normalized spacial score (nSPS) is 21.2. The zero-order valence-electron chi connectivity index (χ0n) is 17.0. The maximum absolute atomic E-state index is 11.0. The third-order valence-corrected chi connectivity index (χ3v) is 5.97. The van der Waals surface area contributed by atoms with Gasteiger partial charge >= 0.3 is 0 Å². The minimum absolute atomic E-state index is 0.105. The third-order valence-electron chi connectivity index (χ3n) is 5.97. The first kappa shape index (κ1) is 19.8. The minimum Gasteiger partial charge on any atom is -0.390 e. The maximum Gasteiger partial charge on any atom is 0.0820 e. The summed E-state index contributed by atoms with van der Waals surface area (Å²) in [6.45, 7) is 3.78. The molecule has 0 amide bonds. The molecule has 1 heterocycles. The highest BCUT2D eigenvalue weighted by molar-refractivity contribution is 5.32. The van der Waals surface area contributed by atoms with Crippen LogP contribution in [-0.4, -0.2) is 35.2 Å². The Hall–Kier alpha value is -2.46. The molecule has 0 saturated carbocycles. The van der Waals surface area contributed by atoms with Gasteiger partial charge in [0, 0.05) is 25.2 Å². The molecule has 3 heteroatoms. The molecule has 1 fully saturated rings. The number of hydrogen-bond donors (Lipinski definition) is 2. The van der Waals surface area contributed by atoms with Gasteiger partial charge in [-0.3, -0.25) is 4.90 Å². The van der Waals surface area contributed by atoms with Gasteiger partial charge in [-0.05, 0) is 30.0 Å². The highest BCUT2D eigenvalue weighted by Gasteiger charge is 2.33. The van der Waals surface area contributed by atoms with Crippen LogP contribution in [0.3, 0.4) is 0 Å². The van der Waals surface area contributed by atoms with Crippen molar-refractivity contribution in [3.05, 3.63) is 108 Å². The van der Waals surface area contributed by atoms with Crippen molar-refractivity contribution in [3.63, 3.8) is 0 Å². The van der Waals surface area contributed by atoms with E-state index >= 15 is 0 Å². The summed E-state index contributed by atoms with van der Waals surface area (Å²) in [7, 11) is 0. The van der Waals surface area contributed by atoms with E-state index in [1.807, 2.05) is 6.07 Å². The van der Waals surface area contributed by atoms with Crippen LogP contribution < -0.4 is 5.32 Å². The third kappa shape index (κ3) is 4.76. The molecule has 0 spiro atoms. The first-order chi connectivity index (χ1) is 14.2. The Morgan fingerprint density at radius 3 is 1.76 bits per heavy atom. The molecule has 150 valence electrons. The van der Waals surface area contributed by atoms with Gasteiger partial charge in [-0.15, -0.1) is 0 Å². The molecule has 29 heavy (non-hydrogen) atoms. The van der Waals surface area contributed by atoms with Crippen LogP contribution in [0.5, 0.6) is 0 Å². The lowest BCUT2D eigenvalue weighted by Gasteiger charge is -2.42. The molecule has 3 aromatic rings. The lowest BCUT2D eigenvalue weighted by molar-refractivity contribution is 0.0242. The SMILES string of the molecule is C[C@H](N[C@H]1CCN(C(c2ccccc2)c2ccccc2)C[C@@H]1O)c1ccccc1. The Labute approximate surface area is 174 Å². The van der Waals surface area contributed by atoms with Crippen molar-refractivity contribution < 1.29 is 5.11 Å². The molecule has 0 aromatic heterocycles. The fraction of sp³-hybridized carbons (Fsp3) is 0.308. The zero-order chi connectivity index (χ0) is 20.1. The number of nitrogens with one attached hydrogen (secondary N) is 1. The molecular formula is C26H30N2O. The van der Waals surface area contributed by atoms with Gasteiger partial charge < -0.3 is 10.4 Å². The van der Waals surface area contributed by atoms with E-state index in [9.17, 15) is 5.11 Å². The lowest BCUT2D eigenvalue weighted by atomic mass is 9.92. The van der Waals surface area contributed by atoms with Crippen LogP contribution in [0.2, 0.25) is 0 Å². The number of benzene rings is 3. The summed E-state index contributed by atoms with van der Waals surface area (Å²) < 4.78 is 0. The Bertz CT molecular complexity index is 829. The lowest BCUT2D eigenvalue weighted by Crippen LogP contribution is -2.53. The molecule has 1 aliphatic heterocycles. The average Bonchev–Trinajstić information content (AvgIpc) is 2.78. The predicted octanol–water partition coefficient (Wildman–Crippen LogP) is 4.56. The van der Waals surface area contributed by atoms with Crippen LogP contribution in [0, 0.1) is 0 Å². The fourth-order valence-corrected chi connectivity index (χ4v) is 4.43. The van der Waals surface area contributed by atoms with E-state index in [0.29, 0.717) is 6.54 Å². The number of aliphatic hydroxyl groups excluding tert-OH is 1. The Balaban J connectivity index is 1.48. The Morgan fingerprint density at radius 1 is 0.793 bits per heavy atom. The average molecular weight is 387 g/mol. The minimum atomic E-state index is -0.398. The topological polar surface area (TPSA) is 35.5 Å². The summed E-state index contributed by atoms with van der Waals surface area (Å²) in [5.74, 6) is 0. The first-order valence-electron chi connectivity index (χ1n) is 10.6. The van der Waals surface area contributed by atoms with E-state index in [4.69, 9.17) is 0 Å². The van der Waals surface area contributed by atoms with E-state index in [-0.39, 0.29) is 18.1 Å². The summed E-state index contributed by atoms with van der Waals surface area (Å²) in [5, 5.41) is 14.6. The van der Waals surface area contributed by atoms with Crippen molar-refractivity contribution in [3.8, 4) is 0 Å². The number of piperidine rings is 1. The van der Waals surface area contributed by atoms with Crippen LogP contribution in [0.25, 0.3) is 0 Å².